The molecule has 0 radical (unpaired) electrons. The molecule has 16 heavy (non-hydrogen) atoms. The molecule has 1 atom stereocenters. The number of benzene rings is 1. The van der Waals surface area contributed by atoms with Gasteiger partial charge in [-0.25, -0.2) is 0 Å². The molecule has 0 aliphatic heterocycles. The monoisotopic (exact) mass is 218 g/mol. The second-order valence-electron chi connectivity index (χ2n) is 4.21. The van der Waals surface area contributed by atoms with Crippen molar-refractivity contribution in [1.29, 1.82) is 0 Å². The maximum absolute atomic E-state index is 10.6. The summed E-state index contributed by atoms with van der Waals surface area (Å²) < 4.78 is 0. The highest BCUT2D eigenvalue weighted by Crippen LogP contribution is 2.30. The number of allylic oxidation sites excluding steroid dienone is 2. The number of aliphatic hydroxyl groups is 1. The van der Waals surface area contributed by atoms with Crippen molar-refractivity contribution in [3.63, 3.8) is 0 Å². The van der Waals surface area contributed by atoms with Crippen LogP contribution in [0.1, 0.15) is 45.1 Å². The largest absolute Gasteiger partial charge is 0.385 e. The molecule has 1 heteroatoms. The van der Waals surface area contributed by atoms with Gasteiger partial charge < -0.3 is 5.11 Å². The van der Waals surface area contributed by atoms with Crippen LogP contribution in [0.15, 0.2) is 42.5 Å². The fourth-order valence-electron chi connectivity index (χ4n) is 1.95. The van der Waals surface area contributed by atoms with Crippen molar-refractivity contribution >= 4 is 0 Å². The van der Waals surface area contributed by atoms with E-state index in [4.69, 9.17) is 0 Å². The van der Waals surface area contributed by atoms with Crippen LogP contribution in [0.25, 0.3) is 0 Å². The predicted molar refractivity (Wildman–Crippen MR) is 69.3 cm³/mol. The van der Waals surface area contributed by atoms with Crippen LogP contribution in [0.2, 0.25) is 0 Å². The van der Waals surface area contributed by atoms with E-state index in [0.29, 0.717) is 0 Å². The Bertz CT molecular complexity index is 315. The fourth-order valence-corrected chi connectivity index (χ4v) is 1.95. The van der Waals surface area contributed by atoms with E-state index in [1.165, 1.54) is 0 Å². The molecule has 0 saturated heterocycles. The van der Waals surface area contributed by atoms with Crippen LogP contribution < -0.4 is 0 Å². The van der Waals surface area contributed by atoms with Gasteiger partial charge in [-0.05, 0) is 38.2 Å². The molecule has 0 bridgehead atoms. The maximum Gasteiger partial charge on any atom is 0.0894 e. The Kier molecular flexibility index (Phi) is 5.27. The minimum atomic E-state index is -0.650. The van der Waals surface area contributed by atoms with Gasteiger partial charge >= 0.3 is 0 Å². The maximum atomic E-state index is 10.6. The molecule has 88 valence electrons. The van der Waals surface area contributed by atoms with Gasteiger partial charge in [0.25, 0.3) is 0 Å². The zero-order valence-corrected chi connectivity index (χ0v) is 10.3. The summed E-state index contributed by atoms with van der Waals surface area (Å²) in [6.45, 7) is 4.08. The van der Waals surface area contributed by atoms with Crippen molar-refractivity contribution in [2.45, 2.75) is 45.1 Å². The van der Waals surface area contributed by atoms with E-state index in [1.54, 1.807) is 0 Å². The smallest absolute Gasteiger partial charge is 0.0894 e. The molecular formula is C15H22O. The van der Waals surface area contributed by atoms with Gasteiger partial charge in [0.05, 0.1) is 5.60 Å². The van der Waals surface area contributed by atoms with Crippen molar-refractivity contribution in [2.24, 2.45) is 0 Å². The Morgan fingerprint density at radius 2 is 1.94 bits per heavy atom. The molecule has 1 unspecified atom stereocenters. The third-order valence-corrected chi connectivity index (χ3v) is 3.09. The predicted octanol–water partition coefficient (Wildman–Crippen LogP) is 4.03. The van der Waals surface area contributed by atoms with Gasteiger partial charge in [-0.2, -0.15) is 0 Å². The summed E-state index contributed by atoms with van der Waals surface area (Å²) in [6, 6.07) is 9.99. The van der Waals surface area contributed by atoms with Gasteiger partial charge in [0, 0.05) is 0 Å². The SMILES string of the molecule is CC=CCCCC(O)(CC)c1ccccc1. The quantitative estimate of drug-likeness (QED) is 0.564. The normalized spacial score (nSPS) is 15.2. The summed E-state index contributed by atoms with van der Waals surface area (Å²) in [4.78, 5) is 0. The molecular weight excluding hydrogens is 196 g/mol. The van der Waals surface area contributed by atoms with E-state index in [1.807, 2.05) is 44.2 Å². The zero-order valence-electron chi connectivity index (χ0n) is 10.3. The van der Waals surface area contributed by atoms with Crippen LogP contribution in [0.5, 0.6) is 0 Å². The van der Waals surface area contributed by atoms with Gasteiger partial charge in [-0.1, -0.05) is 49.4 Å². The van der Waals surface area contributed by atoms with Crippen molar-refractivity contribution in [2.75, 3.05) is 0 Å². The number of unbranched alkanes of at least 4 members (excludes halogenated alkanes) is 1. The molecule has 1 nitrogen and oxygen atoms in total. The molecule has 0 aromatic heterocycles. The first-order chi connectivity index (χ1) is 7.73. The molecule has 1 aromatic carbocycles. The van der Waals surface area contributed by atoms with Crippen LogP contribution in [0, 0.1) is 0 Å². The highest BCUT2D eigenvalue weighted by Gasteiger charge is 2.25. The first-order valence-electron chi connectivity index (χ1n) is 6.12. The summed E-state index contributed by atoms with van der Waals surface area (Å²) in [7, 11) is 0. The molecule has 1 N–H and O–H groups in total. The van der Waals surface area contributed by atoms with E-state index in [2.05, 4.69) is 12.2 Å². The van der Waals surface area contributed by atoms with Crippen LogP contribution in [0.3, 0.4) is 0 Å². The van der Waals surface area contributed by atoms with Crippen LogP contribution in [-0.2, 0) is 5.60 Å². The average Bonchev–Trinajstić information content (AvgIpc) is 2.35. The van der Waals surface area contributed by atoms with Gasteiger partial charge in [0.1, 0.15) is 0 Å². The Labute approximate surface area is 98.8 Å². The standard InChI is InChI=1S/C15H22O/c1-3-5-6-10-13-15(16,4-2)14-11-8-7-9-12-14/h3,5,7-9,11-12,16H,4,6,10,13H2,1-2H3. The number of rotatable bonds is 6. The summed E-state index contributed by atoms with van der Waals surface area (Å²) in [6.07, 6.45) is 7.90. The summed E-state index contributed by atoms with van der Waals surface area (Å²) in [5.41, 5.74) is 0.390. The van der Waals surface area contributed by atoms with Crippen LogP contribution in [-0.4, -0.2) is 5.11 Å². The fraction of sp³-hybridized carbons (Fsp3) is 0.467. The van der Waals surface area contributed by atoms with E-state index in [-0.39, 0.29) is 0 Å². The lowest BCUT2D eigenvalue weighted by molar-refractivity contribution is 0.0216. The average molecular weight is 218 g/mol. The third-order valence-electron chi connectivity index (χ3n) is 3.09. The molecule has 1 aromatic rings. The summed E-state index contributed by atoms with van der Waals surface area (Å²) in [5.74, 6) is 0. The van der Waals surface area contributed by atoms with Crippen molar-refractivity contribution in [1.82, 2.24) is 0 Å². The second kappa shape index (κ2) is 6.49. The van der Waals surface area contributed by atoms with E-state index in [9.17, 15) is 5.11 Å². The molecule has 0 heterocycles. The van der Waals surface area contributed by atoms with Crippen LogP contribution >= 0.6 is 0 Å². The Balaban J connectivity index is 2.63. The molecule has 1 rings (SSSR count). The van der Waals surface area contributed by atoms with E-state index < -0.39 is 5.60 Å². The molecule has 0 aliphatic rings. The molecule has 0 aliphatic carbocycles. The summed E-state index contributed by atoms with van der Waals surface area (Å²) in [5, 5.41) is 10.6. The van der Waals surface area contributed by atoms with E-state index in [0.717, 1.165) is 31.2 Å². The van der Waals surface area contributed by atoms with Gasteiger partial charge in [0.15, 0.2) is 0 Å². The van der Waals surface area contributed by atoms with Gasteiger partial charge in [0.2, 0.25) is 0 Å². The second-order valence-corrected chi connectivity index (χ2v) is 4.21. The van der Waals surface area contributed by atoms with Gasteiger partial charge in [-0.15, -0.1) is 0 Å². The Morgan fingerprint density at radius 3 is 2.50 bits per heavy atom. The topological polar surface area (TPSA) is 20.2 Å². The lowest BCUT2D eigenvalue weighted by Gasteiger charge is -2.27. The lowest BCUT2D eigenvalue weighted by Crippen LogP contribution is -2.24. The van der Waals surface area contributed by atoms with Crippen LogP contribution in [0.4, 0.5) is 0 Å². The van der Waals surface area contributed by atoms with Crippen molar-refractivity contribution in [3.05, 3.63) is 48.0 Å². The highest BCUT2D eigenvalue weighted by molar-refractivity contribution is 5.21. The Morgan fingerprint density at radius 1 is 1.25 bits per heavy atom. The molecule has 0 fully saturated rings. The van der Waals surface area contributed by atoms with Crippen molar-refractivity contribution in [3.8, 4) is 0 Å². The zero-order chi connectivity index (χ0) is 11.9. The van der Waals surface area contributed by atoms with Gasteiger partial charge in [-0.3, -0.25) is 0 Å². The minimum absolute atomic E-state index is 0.650. The first kappa shape index (κ1) is 13.0. The highest BCUT2D eigenvalue weighted by atomic mass is 16.3. The third kappa shape index (κ3) is 3.49. The molecule has 0 spiro atoms. The molecule has 0 saturated carbocycles. The Hall–Kier alpha value is -1.08. The summed E-state index contributed by atoms with van der Waals surface area (Å²) >= 11 is 0. The van der Waals surface area contributed by atoms with E-state index >= 15 is 0 Å². The minimum Gasteiger partial charge on any atom is -0.385 e. The first-order valence-corrected chi connectivity index (χ1v) is 6.12. The lowest BCUT2D eigenvalue weighted by atomic mass is 9.86. The number of hydrogen-bond donors (Lipinski definition) is 1. The number of hydrogen-bond acceptors (Lipinski definition) is 1. The van der Waals surface area contributed by atoms with Crippen molar-refractivity contribution < 1.29 is 5.11 Å². The molecule has 0 amide bonds.